The van der Waals surface area contributed by atoms with Crippen LogP contribution in [0.15, 0.2) is 11.4 Å². The maximum absolute atomic E-state index is 3.79. The third kappa shape index (κ3) is 3.26. The fraction of sp³-hybridized carbons (Fsp3) is 0.765. The van der Waals surface area contributed by atoms with Crippen molar-refractivity contribution in [2.45, 2.75) is 66.0 Å². The topological polar surface area (TPSA) is 15.3 Å². The molecule has 0 bridgehead atoms. The zero-order valence-corrected chi connectivity index (χ0v) is 14.9. The molecule has 1 unspecified atom stereocenters. The van der Waals surface area contributed by atoms with Crippen molar-refractivity contribution in [3.05, 3.63) is 21.9 Å². The van der Waals surface area contributed by atoms with Crippen LogP contribution < -0.4 is 5.32 Å². The average molecular weight is 297 g/mol. The fourth-order valence-electron chi connectivity index (χ4n) is 3.55. The Labute approximate surface area is 129 Å². The number of aryl methyl sites for hydroxylation is 1. The molecule has 0 spiro atoms. The van der Waals surface area contributed by atoms with E-state index in [-0.39, 0.29) is 5.54 Å². The van der Waals surface area contributed by atoms with Crippen LogP contribution in [0.4, 0.5) is 0 Å². The summed E-state index contributed by atoms with van der Waals surface area (Å²) in [7, 11) is 0. The number of likely N-dealkylation sites (N-methyl/N-ethyl adjacent to an activating group) is 2. The van der Waals surface area contributed by atoms with Crippen molar-refractivity contribution in [1.82, 2.24) is 10.2 Å². The second-order valence-corrected chi connectivity index (χ2v) is 6.39. The van der Waals surface area contributed by atoms with E-state index in [0.29, 0.717) is 6.04 Å². The number of hydrogen-bond acceptors (Lipinski definition) is 3. The lowest BCUT2D eigenvalue weighted by Gasteiger charge is -2.48. The summed E-state index contributed by atoms with van der Waals surface area (Å²) in [6, 6.07) is 2.69. The molecule has 1 atom stereocenters. The number of thiophene rings is 1. The number of hydrogen-bond donors (Lipinski definition) is 1. The Hall–Kier alpha value is -0.380. The van der Waals surface area contributed by atoms with Gasteiger partial charge in [0.15, 0.2) is 0 Å². The van der Waals surface area contributed by atoms with Crippen molar-refractivity contribution in [3.8, 4) is 0 Å². The molecule has 2 nitrogen and oxygen atoms in total. The molecule has 1 N–H and O–H groups in total. The van der Waals surface area contributed by atoms with Crippen LogP contribution in [0.25, 0.3) is 0 Å². The second-order valence-electron chi connectivity index (χ2n) is 5.44. The van der Waals surface area contributed by atoms with Gasteiger partial charge >= 0.3 is 0 Å². The highest BCUT2D eigenvalue weighted by atomic mass is 32.1. The van der Waals surface area contributed by atoms with E-state index in [2.05, 4.69) is 63.2 Å². The molecule has 0 aromatic carbocycles. The lowest BCUT2D eigenvalue weighted by molar-refractivity contribution is 0.0503. The van der Waals surface area contributed by atoms with Crippen molar-refractivity contribution in [1.29, 1.82) is 0 Å². The molecule has 1 aromatic rings. The summed E-state index contributed by atoms with van der Waals surface area (Å²) in [5.41, 5.74) is 1.65. The van der Waals surface area contributed by atoms with Gasteiger partial charge in [-0.2, -0.15) is 0 Å². The van der Waals surface area contributed by atoms with Crippen LogP contribution in [0.3, 0.4) is 0 Å². The summed E-state index contributed by atoms with van der Waals surface area (Å²) in [6.45, 7) is 17.0. The van der Waals surface area contributed by atoms with Gasteiger partial charge in [-0.15, -0.1) is 11.3 Å². The van der Waals surface area contributed by atoms with E-state index in [1.807, 2.05) is 11.3 Å². The first-order valence-electron chi connectivity index (χ1n) is 8.13. The average Bonchev–Trinajstić information content (AvgIpc) is 2.89. The van der Waals surface area contributed by atoms with E-state index in [4.69, 9.17) is 0 Å². The zero-order valence-electron chi connectivity index (χ0n) is 14.1. The number of rotatable bonds is 9. The van der Waals surface area contributed by atoms with Crippen LogP contribution in [0.5, 0.6) is 0 Å². The highest BCUT2D eigenvalue weighted by molar-refractivity contribution is 7.10. The molecule has 0 saturated carbocycles. The van der Waals surface area contributed by atoms with Crippen LogP contribution in [0.1, 0.15) is 63.9 Å². The standard InChI is InChI=1S/C17H32N2S/c1-7-17(8-2,19(10-4)11-5)16(18-9-3)15-14(6)12-13-20-15/h12-13,16,18H,7-11H2,1-6H3. The summed E-state index contributed by atoms with van der Waals surface area (Å²) in [6.07, 6.45) is 2.36. The Morgan fingerprint density at radius 3 is 2.10 bits per heavy atom. The molecule has 1 aromatic heterocycles. The maximum Gasteiger partial charge on any atom is 0.0604 e. The third-order valence-corrected chi connectivity index (χ3v) is 5.81. The van der Waals surface area contributed by atoms with Gasteiger partial charge in [0.25, 0.3) is 0 Å². The molecule has 3 heteroatoms. The predicted octanol–water partition coefficient (Wildman–Crippen LogP) is 4.61. The predicted molar refractivity (Wildman–Crippen MR) is 91.7 cm³/mol. The largest absolute Gasteiger partial charge is 0.308 e. The Morgan fingerprint density at radius 2 is 1.75 bits per heavy atom. The molecule has 0 aliphatic carbocycles. The molecule has 0 fully saturated rings. The molecule has 116 valence electrons. The molecular formula is C17H32N2S. The summed E-state index contributed by atoms with van der Waals surface area (Å²) < 4.78 is 0. The van der Waals surface area contributed by atoms with E-state index >= 15 is 0 Å². The molecule has 20 heavy (non-hydrogen) atoms. The molecule has 0 amide bonds. The van der Waals surface area contributed by atoms with Crippen LogP contribution in [0, 0.1) is 6.92 Å². The van der Waals surface area contributed by atoms with Gasteiger partial charge in [-0.25, -0.2) is 0 Å². The first-order chi connectivity index (χ1) is 9.61. The quantitative estimate of drug-likeness (QED) is 0.716. The van der Waals surface area contributed by atoms with Gasteiger partial charge in [0.1, 0.15) is 0 Å². The van der Waals surface area contributed by atoms with E-state index in [9.17, 15) is 0 Å². The SMILES string of the molecule is CCNC(c1sccc1C)C(CC)(CC)N(CC)CC. The van der Waals surface area contributed by atoms with Crippen molar-refractivity contribution in [3.63, 3.8) is 0 Å². The monoisotopic (exact) mass is 296 g/mol. The van der Waals surface area contributed by atoms with E-state index in [0.717, 1.165) is 19.6 Å². The lowest BCUT2D eigenvalue weighted by Crippen LogP contribution is -2.56. The van der Waals surface area contributed by atoms with Crippen LogP contribution >= 0.6 is 11.3 Å². The van der Waals surface area contributed by atoms with Gasteiger partial charge in [0.05, 0.1) is 6.04 Å². The molecule has 0 aliphatic rings. The van der Waals surface area contributed by atoms with Crippen LogP contribution in [-0.2, 0) is 0 Å². The molecule has 0 aliphatic heterocycles. The van der Waals surface area contributed by atoms with Crippen molar-refractivity contribution in [2.75, 3.05) is 19.6 Å². The Bertz CT molecular complexity index is 378. The molecular weight excluding hydrogens is 264 g/mol. The maximum atomic E-state index is 3.79. The summed E-state index contributed by atoms with van der Waals surface area (Å²) >= 11 is 1.90. The van der Waals surface area contributed by atoms with E-state index in [1.54, 1.807) is 0 Å². The van der Waals surface area contributed by atoms with E-state index in [1.165, 1.54) is 23.3 Å². The second kappa shape index (κ2) is 8.16. The minimum atomic E-state index is 0.217. The van der Waals surface area contributed by atoms with Crippen molar-refractivity contribution >= 4 is 11.3 Å². The molecule has 1 heterocycles. The van der Waals surface area contributed by atoms with Crippen LogP contribution in [0.2, 0.25) is 0 Å². The van der Waals surface area contributed by atoms with Gasteiger partial charge in [0, 0.05) is 10.4 Å². The Kier molecular flexibility index (Phi) is 7.21. The highest BCUT2D eigenvalue weighted by Gasteiger charge is 2.41. The minimum absolute atomic E-state index is 0.217. The zero-order chi connectivity index (χ0) is 15.2. The van der Waals surface area contributed by atoms with Crippen molar-refractivity contribution < 1.29 is 0 Å². The Morgan fingerprint density at radius 1 is 1.15 bits per heavy atom. The van der Waals surface area contributed by atoms with Gasteiger partial charge in [-0.3, -0.25) is 4.90 Å². The first kappa shape index (κ1) is 17.7. The van der Waals surface area contributed by atoms with Gasteiger partial charge in [-0.1, -0.05) is 34.6 Å². The summed E-state index contributed by atoms with van der Waals surface area (Å²) in [5.74, 6) is 0. The van der Waals surface area contributed by atoms with Crippen LogP contribution in [-0.4, -0.2) is 30.1 Å². The Balaban J connectivity index is 3.28. The normalized spacial score (nSPS) is 13.9. The number of nitrogens with one attached hydrogen (secondary N) is 1. The summed E-state index contributed by atoms with van der Waals surface area (Å²) in [4.78, 5) is 4.17. The highest BCUT2D eigenvalue weighted by Crippen LogP contribution is 2.40. The van der Waals surface area contributed by atoms with Gasteiger partial charge in [0.2, 0.25) is 0 Å². The molecule has 0 radical (unpaired) electrons. The fourth-order valence-corrected chi connectivity index (χ4v) is 4.66. The molecule has 0 saturated heterocycles. The van der Waals surface area contributed by atoms with Gasteiger partial charge < -0.3 is 5.32 Å². The lowest BCUT2D eigenvalue weighted by atomic mass is 9.80. The minimum Gasteiger partial charge on any atom is -0.308 e. The molecule has 1 rings (SSSR count). The first-order valence-corrected chi connectivity index (χ1v) is 9.01. The van der Waals surface area contributed by atoms with Crippen molar-refractivity contribution in [2.24, 2.45) is 0 Å². The van der Waals surface area contributed by atoms with Gasteiger partial charge in [-0.05, 0) is 56.4 Å². The third-order valence-electron chi connectivity index (χ3n) is 4.73. The summed E-state index contributed by atoms with van der Waals surface area (Å²) in [5, 5.41) is 6.02. The smallest absolute Gasteiger partial charge is 0.0604 e. The number of nitrogens with zero attached hydrogens (tertiary/aromatic N) is 1. The van der Waals surface area contributed by atoms with E-state index < -0.39 is 0 Å².